The average molecular weight is 296 g/mol. The van der Waals surface area contributed by atoms with E-state index in [1.165, 1.54) is 42.7 Å². The summed E-state index contributed by atoms with van der Waals surface area (Å²) in [6.07, 6.45) is 8.24. The summed E-state index contributed by atoms with van der Waals surface area (Å²) in [6.45, 7) is 8.32. The van der Waals surface area contributed by atoms with Crippen LogP contribution in [0.4, 0.5) is 0 Å². The van der Waals surface area contributed by atoms with Crippen molar-refractivity contribution in [1.82, 2.24) is 10.3 Å². The Bertz CT molecular complexity index is 399. The summed E-state index contributed by atoms with van der Waals surface area (Å²) < 4.78 is 5.94. The van der Waals surface area contributed by atoms with Crippen molar-refractivity contribution >= 4 is 11.3 Å². The molecule has 0 aliphatic heterocycles. The number of hydrogen-bond acceptors (Lipinski definition) is 4. The minimum atomic E-state index is 0.342. The third-order valence-electron chi connectivity index (χ3n) is 4.03. The van der Waals surface area contributed by atoms with Gasteiger partial charge in [0, 0.05) is 17.5 Å². The molecular formula is C16H28N2OS. The van der Waals surface area contributed by atoms with E-state index in [9.17, 15) is 0 Å². The van der Waals surface area contributed by atoms with Crippen LogP contribution in [0.15, 0.2) is 0 Å². The van der Waals surface area contributed by atoms with Crippen LogP contribution in [0.1, 0.15) is 67.1 Å². The summed E-state index contributed by atoms with van der Waals surface area (Å²) >= 11 is 1.78. The predicted molar refractivity (Wildman–Crippen MR) is 85.4 cm³/mol. The molecule has 4 heteroatoms. The molecule has 0 saturated heterocycles. The fourth-order valence-electron chi connectivity index (χ4n) is 2.92. The molecule has 0 spiro atoms. The molecule has 3 nitrogen and oxygen atoms in total. The smallest absolute Gasteiger partial charge is 0.0900 e. The number of thiazole rings is 1. The first-order valence-electron chi connectivity index (χ1n) is 7.95. The number of hydrogen-bond donors (Lipinski definition) is 1. The molecule has 1 N–H and O–H groups in total. The van der Waals surface area contributed by atoms with Crippen LogP contribution in [0.2, 0.25) is 0 Å². The first-order chi connectivity index (χ1) is 9.66. The van der Waals surface area contributed by atoms with Crippen LogP contribution in [-0.2, 0) is 4.74 Å². The average Bonchev–Trinajstić information content (AvgIpc) is 2.78. The monoisotopic (exact) mass is 296 g/mol. The van der Waals surface area contributed by atoms with Crippen LogP contribution in [0, 0.1) is 13.8 Å². The number of ether oxygens (including phenoxy) is 1. The standard InChI is InChI=1S/C16H28N2OS/c1-12(16-13(2)20-14(3)18-16)17-10-7-11-19-15-8-5-4-6-9-15/h12,15,17H,4-11H2,1-3H3. The number of aryl methyl sites for hydroxylation is 2. The molecule has 1 aliphatic rings. The Morgan fingerprint density at radius 2 is 2.05 bits per heavy atom. The van der Waals surface area contributed by atoms with E-state index in [-0.39, 0.29) is 0 Å². The summed E-state index contributed by atoms with van der Waals surface area (Å²) in [5.41, 5.74) is 1.21. The molecule has 1 aliphatic carbocycles. The first-order valence-corrected chi connectivity index (χ1v) is 8.77. The summed E-state index contributed by atoms with van der Waals surface area (Å²) in [4.78, 5) is 5.94. The Kier molecular flexibility index (Phi) is 6.46. The van der Waals surface area contributed by atoms with Crippen LogP contribution in [0.3, 0.4) is 0 Å². The molecule has 114 valence electrons. The van der Waals surface area contributed by atoms with Crippen molar-refractivity contribution in [3.63, 3.8) is 0 Å². The Morgan fingerprint density at radius 1 is 1.30 bits per heavy atom. The second-order valence-corrected chi connectivity index (χ2v) is 7.24. The molecule has 1 unspecified atom stereocenters. The van der Waals surface area contributed by atoms with Gasteiger partial charge in [-0.15, -0.1) is 11.3 Å². The summed E-state index contributed by atoms with van der Waals surface area (Å²) in [7, 11) is 0. The molecule has 1 aromatic heterocycles. The topological polar surface area (TPSA) is 34.2 Å². The van der Waals surface area contributed by atoms with Crippen molar-refractivity contribution in [2.24, 2.45) is 0 Å². The summed E-state index contributed by atoms with van der Waals surface area (Å²) in [5.74, 6) is 0. The molecule has 0 bridgehead atoms. The van der Waals surface area contributed by atoms with Gasteiger partial charge < -0.3 is 10.1 Å². The predicted octanol–water partition coefficient (Wildman–Crippen LogP) is 4.15. The lowest BCUT2D eigenvalue weighted by atomic mass is 9.98. The van der Waals surface area contributed by atoms with Crippen molar-refractivity contribution in [2.75, 3.05) is 13.2 Å². The lowest BCUT2D eigenvalue weighted by Gasteiger charge is -2.22. The van der Waals surface area contributed by atoms with E-state index in [2.05, 4.69) is 31.1 Å². The van der Waals surface area contributed by atoms with Gasteiger partial charge in [-0.05, 0) is 46.6 Å². The Morgan fingerprint density at radius 3 is 2.70 bits per heavy atom. The van der Waals surface area contributed by atoms with Gasteiger partial charge >= 0.3 is 0 Å². The Hall–Kier alpha value is -0.450. The highest BCUT2D eigenvalue weighted by Gasteiger charge is 2.14. The van der Waals surface area contributed by atoms with Crippen molar-refractivity contribution in [3.05, 3.63) is 15.6 Å². The molecule has 1 aromatic rings. The number of rotatable bonds is 7. The molecule has 1 heterocycles. The molecule has 1 fully saturated rings. The number of nitrogens with one attached hydrogen (secondary N) is 1. The molecular weight excluding hydrogens is 268 g/mol. The minimum absolute atomic E-state index is 0.342. The third-order valence-corrected chi connectivity index (χ3v) is 4.93. The molecule has 0 amide bonds. The maximum Gasteiger partial charge on any atom is 0.0900 e. The SMILES string of the molecule is Cc1nc(C(C)NCCCOC2CCCCC2)c(C)s1. The highest BCUT2D eigenvalue weighted by Crippen LogP contribution is 2.22. The van der Waals surface area contributed by atoms with E-state index in [1.807, 2.05) is 0 Å². The number of nitrogens with zero attached hydrogens (tertiary/aromatic N) is 1. The van der Waals surface area contributed by atoms with E-state index in [4.69, 9.17) is 4.74 Å². The van der Waals surface area contributed by atoms with Gasteiger partial charge in [0.1, 0.15) is 0 Å². The van der Waals surface area contributed by atoms with Gasteiger partial charge in [-0.25, -0.2) is 4.98 Å². The highest BCUT2D eigenvalue weighted by atomic mass is 32.1. The maximum atomic E-state index is 5.94. The van der Waals surface area contributed by atoms with Crippen molar-refractivity contribution in [1.29, 1.82) is 0 Å². The largest absolute Gasteiger partial charge is 0.378 e. The molecule has 0 aromatic carbocycles. The van der Waals surface area contributed by atoms with E-state index < -0.39 is 0 Å². The van der Waals surface area contributed by atoms with E-state index in [1.54, 1.807) is 11.3 Å². The molecule has 0 radical (unpaired) electrons. The van der Waals surface area contributed by atoms with Gasteiger partial charge in [-0.2, -0.15) is 0 Å². The lowest BCUT2D eigenvalue weighted by Crippen LogP contribution is -2.23. The number of aromatic nitrogens is 1. The van der Waals surface area contributed by atoms with Gasteiger partial charge in [0.15, 0.2) is 0 Å². The van der Waals surface area contributed by atoms with Crippen molar-refractivity contribution in [3.8, 4) is 0 Å². The van der Waals surface area contributed by atoms with E-state index in [0.29, 0.717) is 12.1 Å². The second-order valence-electron chi connectivity index (χ2n) is 5.83. The normalized spacial score (nSPS) is 18.4. The quantitative estimate of drug-likeness (QED) is 0.768. The second kappa shape index (κ2) is 8.11. The zero-order chi connectivity index (χ0) is 14.4. The molecule has 2 rings (SSSR count). The molecule has 1 saturated carbocycles. The summed E-state index contributed by atoms with van der Waals surface area (Å²) in [5, 5.41) is 4.71. The molecule has 1 atom stereocenters. The zero-order valence-electron chi connectivity index (χ0n) is 13.1. The van der Waals surface area contributed by atoms with Gasteiger partial charge in [-0.3, -0.25) is 0 Å². The fourth-order valence-corrected chi connectivity index (χ4v) is 3.83. The lowest BCUT2D eigenvalue weighted by molar-refractivity contribution is 0.0271. The van der Waals surface area contributed by atoms with Gasteiger partial charge in [0.05, 0.1) is 16.8 Å². The van der Waals surface area contributed by atoms with Gasteiger partial charge in [0.25, 0.3) is 0 Å². The van der Waals surface area contributed by atoms with Crippen LogP contribution in [0.5, 0.6) is 0 Å². The molecule has 20 heavy (non-hydrogen) atoms. The van der Waals surface area contributed by atoms with Gasteiger partial charge in [0.2, 0.25) is 0 Å². The minimum Gasteiger partial charge on any atom is -0.378 e. The fraction of sp³-hybridized carbons (Fsp3) is 0.812. The van der Waals surface area contributed by atoms with Crippen LogP contribution < -0.4 is 5.32 Å². The summed E-state index contributed by atoms with van der Waals surface area (Å²) in [6, 6.07) is 0.342. The zero-order valence-corrected chi connectivity index (χ0v) is 13.9. The van der Waals surface area contributed by atoms with Crippen LogP contribution in [-0.4, -0.2) is 24.2 Å². The van der Waals surface area contributed by atoms with E-state index in [0.717, 1.165) is 24.6 Å². The Balaban J connectivity index is 1.59. The van der Waals surface area contributed by atoms with Gasteiger partial charge in [-0.1, -0.05) is 19.3 Å². The third kappa shape index (κ3) is 4.83. The Labute approximate surface area is 127 Å². The van der Waals surface area contributed by atoms with Crippen LogP contribution >= 0.6 is 11.3 Å². The maximum absolute atomic E-state index is 5.94. The highest BCUT2D eigenvalue weighted by molar-refractivity contribution is 7.11. The van der Waals surface area contributed by atoms with Crippen molar-refractivity contribution < 1.29 is 4.74 Å². The van der Waals surface area contributed by atoms with Crippen LogP contribution in [0.25, 0.3) is 0 Å². The first kappa shape index (κ1) is 15.9. The van der Waals surface area contributed by atoms with Crippen molar-refractivity contribution in [2.45, 2.75) is 71.4 Å². The van der Waals surface area contributed by atoms with E-state index >= 15 is 0 Å².